The van der Waals surface area contributed by atoms with E-state index in [-0.39, 0.29) is 17.9 Å². The van der Waals surface area contributed by atoms with Crippen LogP contribution in [0, 0.1) is 11.8 Å². The fraction of sp³-hybridized carbons (Fsp3) is 0.889. The number of amides is 2. The molecule has 1 N–H and O–H groups in total. The summed E-state index contributed by atoms with van der Waals surface area (Å²) in [6, 6.07) is 0. The molecule has 138 valence electrons. The number of piperidine rings is 2. The van der Waals surface area contributed by atoms with E-state index in [9.17, 15) is 9.59 Å². The van der Waals surface area contributed by atoms with Crippen LogP contribution >= 0.6 is 0 Å². The molecular formula is C18H33N3O3. The molecule has 1 unspecified atom stereocenters. The second kappa shape index (κ2) is 9.87. The van der Waals surface area contributed by atoms with Crippen LogP contribution < -0.4 is 5.32 Å². The maximum Gasteiger partial charge on any atom is 0.409 e. The van der Waals surface area contributed by atoms with E-state index in [1.807, 2.05) is 0 Å². The average molecular weight is 339 g/mol. The molecule has 0 aromatic carbocycles. The van der Waals surface area contributed by atoms with Crippen LogP contribution in [0.15, 0.2) is 0 Å². The van der Waals surface area contributed by atoms with Gasteiger partial charge in [0, 0.05) is 19.6 Å². The van der Waals surface area contributed by atoms with Gasteiger partial charge in [-0.25, -0.2) is 4.79 Å². The van der Waals surface area contributed by atoms with Crippen molar-refractivity contribution in [1.82, 2.24) is 15.1 Å². The molecular weight excluding hydrogens is 306 g/mol. The number of carbonyl (C=O) groups excluding carboxylic acids is 2. The number of rotatable bonds is 6. The van der Waals surface area contributed by atoms with Gasteiger partial charge in [-0.05, 0) is 64.6 Å². The molecule has 2 amide bonds. The first-order valence-electron chi connectivity index (χ1n) is 9.52. The van der Waals surface area contributed by atoms with Crippen molar-refractivity contribution in [3.63, 3.8) is 0 Å². The van der Waals surface area contributed by atoms with Crippen molar-refractivity contribution in [3.05, 3.63) is 0 Å². The van der Waals surface area contributed by atoms with Gasteiger partial charge in [0.15, 0.2) is 0 Å². The Balaban J connectivity index is 1.62. The van der Waals surface area contributed by atoms with Crippen molar-refractivity contribution in [2.75, 3.05) is 45.9 Å². The summed E-state index contributed by atoms with van der Waals surface area (Å²) in [5, 5.41) is 3.05. The molecule has 24 heavy (non-hydrogen) atoms. The number of ether oxygens (including phenoxy) is 1. The first-order valence-corrected chi connectivity index (χ1v) is 9.52. The van der Waals surface area contributed by atoms with Crippen LogP contribution in [0.4, 0.5) is 4.79 Å². The number of hydrogen-bond donors (Lipinski definition) is 1. The lowest BCUT2D eigenvalue weighted by atomic mass is 9.97. The van der Waals surface area contributed by atoms with E-state index in [0.717, 1.165) is 38.3 Å². The average Bonchev–Trinajstić information content (AvgIpc) is 2.60. The van der Waals surface area contributed by atoms with Crippen molar-refractivity contribution in [2.24, 2.45) is 11.8 Å². The number of nitrogens with one attached hydrogen (secondary N) is 1. The second-order valence-corrected chi connectivity index (χ2v) is 7.15. The van der Waals surface area contributed by atoms with Gasteiger partial charge in [0.2, 0.25) is 5.91 Å². The molecule has 2 aliphatic rings. The molecule has 0 aliphatic carbocycles. The summed E-state index contributed by atoms with van der Waals surface area (Å²) in [5.74, 6) is 0.838. The molecule has 0 aromatic rings. The summed E-state index contributed by atoms with van der Waals surface area (Å²) in [5.41, 5.74) is 0. The normalized spacial score (nSPS) is 23.1. The highest BCUT2D eigenvalue weighted by Gasteiger charge is 2.28. The van der Waals surface area contributed by atoms with E-state index in [2.05, 4.69) is 17.1 Å². The third-order valence-electron chi connectivity index (χ3n) is 5.14. The standard InChI is InChI=1S/C18H33N3O3/c1-3-24-18(23)21-11-4-6-16(14-21)17(22)19-9-5-10-20-12-7-15(2)8-13-20/h15-16H,3-14H2,1-2H3,(H,19,22). The molecule has 2 aliphatic heterocycles. The van der Waals surface area contributed by atoms with Crippen molar-refractivity contribution < 1.29 is 14.3 Å². The van der Waals surface area contributed by atoms with Gasteiger partial charge in [-0.1, -0.05) is 6.92 Å². The quantitative estimate of drug-likeness (QED) is 0.753. The minimum atomic E-state index is -0.297. The first-order chi connectivity index (χ1) is 11.6. The second-order valence-electron chi connectivity index (χ2n) is 7.15. The molecule has 6 nitrogen and oxygen atoms in total. The largest absolute Gasteiger partial charge is 0.450 e. The third kappa shape index (κ3) is 5.96. The van der Waals surface area contributed by atoms with Crippen LogP contribution in [0.2, 0.25) is 0 Å². The van der Waals surface area contributed by atoms with Crippen molar-refractivity contribution in [3.8, 4) is 0 Å². The van der Waals surface area contributed by atoms with Crippen molar-refractivity contribution in [1.29, 1.82) is 0 Å². The Labute approximate surface area is 145 Å². The molecule has 2 rings (SSSR count). The Morgan fingerprint density at radius 1 is 1.17 bits per heavy atom. The molecule has 0 aromatic heterocycles. The smallest absolute Gasteiger partial charge is 0.409 e. The predicted molar refractivity (Wildman–Crippen MR) is 93.8 cm³/mol. The number of likely N-dealkylation sites (tertiary alicyclic amines) is 2. The third-order valence-corrected chi connectivity index (χ3v) is 5.14. The van der Waals surface area contributed by atoms with Gasteiger partial charge in [-0.2, -0.15) is 0 Å². The van der Waals surface area contributed by atoms with Crippen LogP contribution in [-0.4, -0.2) is 67.7 Å². The molecule has 2 heterocycles. The van der Waals surface area contributed by atoms with Crippen LogP contribution in [0.5, 0.6) is 0 Å². The van der Waals surface area contributed by atoms with Crippen LogP contribution in [0.1, 0.15) is 46.0 Å². The lowest BCUT2D eigenvalue weighted by Crippen LogP contribution is -2.46. The Morgan fingerprint density at radius 2 is 1.92 bits per heavy atom. The summed E-state index contributed by atoms with van der Waals surface area (Å²) in [7, 11) is 0. The minimum Gasteiger partial charge on any atom is -0.450 e. The molecule has 0 radical (unpaired) electrons. The van der Waals surface area contributed by atoms with Crippen LogP contribution in [-0.2, 0) is 9.53 Å². The van der Waals surface area contributed by atoms with Gasteiger partial charge >= 0.3 is 6.09 Å². The highest BCUT2D eigenvalue weighted by molar-refractivity contribution is 5.79. The Hall–Kier alpha value is -1.30. The molecule has 1 atom stereocenters. The zero-order valence-corrected chi connectivity index (χ0v) is 15.3. The summed E-state index contributed by atoms with van der Waals surface area (Å²) in [4.78, 5) is 28.3. The molecule has 0 saturated carbocycles. The van der Waals surface area contributed by atoms with Gasteiger partial charge in [0.25, 0.3) is 0 Å². The molecule has 0 bridgehead atoms. The SMILES string of the molecule is CCOC(=O)N1CCCC(C(=O)NCCCN2CCC(C)CC2)C1. The Kier molecular flexibility index (Phi) is 7.82. The lowest BCUT2D eigenvalue weighted by molar-refractivity contribution is -0.126. The van der Waals surface area contributed by atoms with Crippen LogP contribution in [0.25, 0.3) is 0 Å². The summed E-state index contributed by atoms with van der Waals surface area (Å²) in [6.07, 6.45) is 4.99. The fourth-order valence-corrected chi connectivity index (χ4v) is 3.52. The Bertz CT molecular complexity index is 408. The van der Waals surface area contributed by atoms with E-state index in [0.29, 0.717) is 19.7 Å². The highest BCUT2D eigenvalue weighted by atomic mass is 16.6. The molecule has 6 heteroatoms. The molecule has 0 spiro atoms. The highest BCUT2D eigenvalue weighted by Crippen LogP contribution is 2.18. The fourth-order valence-electron chi connectivity index (χ4n) is 3.52. The Morgan fingerprint density at radius 3 is 2.62 bits per heavy atom. The predicted octanol–water partition coefficient (Wildman–Crippen LogP) is 2.09. The van der Waals surface area contributed by atoms with E-state index in [1.54, 1.807) is 11.8 Å². The van der Waals surface area contributed by atoms with Gasteiger partial charge in [-0.3, -0.25) is 4.79 Å². The molecule has 2 saturated heterocycles. The number of nitrogens with zero attached hydrogens (tertiary/aromatic N) is 2. The van der Waals surface area contributed by atoms with E-state index in [1.165, 1.54) is 25.9 Å². The maximum atomic E-state index is 12.3. The van der Waals surface area contributed by atoms with Gasteiger partial charge in [0.1, 0.15) is 0 Å². The minimum absolute atomic E-state index is 0.0799. The molecule has 2 fully saturated rings. The number of hydrogen-bond acceptors (Lipinski definition) is 4. The van der Waals surface area contributed by atoms with E-state index < -0.39 is 0 Å². The summed E-state index contributed by atoms with van der Waals surface area (Å²) in [6.45, 7) is 9.83. The van der Waals surface area contributed by atoms with E-state index >= 15 is 0 Å². The van der Waals surface area contributed by atoms with Gasteiger partial charge < -0.3 is 19.9 Å². The van der Waals surface area contributed by atoms with Crippen LogP contribution in [0.3, 0.4) is 0 Å². The summed E-state index contributed by atoms with van der Waals surface area (Å²) < 4.78 is 5.03. The zero-order valence-electron chi connectivity index (χ0n) is 15.3. The maximum absolute atomic E-state index is 12.3. The van der Waals surface area contributed by atoms with Gasteiger partial charge in [0.05, 0.1) is 12.5 Å². The lowest BCUT2D eigenvalue weighted by Gasteiger charge is -2.31. The van der Waals surface area contributed by atoms with E-state index in [4.69, 9.17) is 4.74 Å². The van der Waals surface area contributed by atoms with Gasteiger partial charge in [-0.15, -0.1) is 0 Å². The first kappa shape index (κ1) is 19.0. The summed E-state index contributed by atoms with van der Waals surface area (Å²) >= 11 is 0. The zero-order chi connectivity index (χ0) is 17.4. The topological polar surface area (TPSA) is 61.9 Å². The monoisotopic (exact) mass is 339 g/mol. The van der Waals surface area contributed by atoms with Crippen molar-refractivity contribution in [2.45, 2.75) is 46.0 Å². The van der Waals surface area contributed by atoms with Crippen molar-refractivity contribution >= 4 is 12.0 Å². The number of carbonyl (C=O) groups is 2.